The Kier molecular flexibility index (Phi) is 3.30. The zero-order valence-corrected chi connectivity index (χ0v) is 13.4. The van der Waals surface area contributed by atoms with E-state index >= 15 is 0 Å². The summed E-state index contributed by atoms with van der Waals surface area (Å²) in [6.45, 7) is 4.45. The zero-order chi connectivity index (χ0) is 16.7. The minimum Gasteiger partial charge on any atom is -0.491 e. The molecular formula is C18H16N4O2. The highest BCUT2D eigenvalue weighted by molar-refractivity contribution is 5.86. The van der Waals surface area contributed by atoms with Gasteiger partial charge in [0, 0.05) is 23.8 Å². The van der Waals surface area contributed by atoms with E-state index in [4.69, 9.17) is 4.74 Å². The van der Waals surface area contributed by atoms with Crippen LogP contribution in [0, 0.1) is 6.92 Å². The lowest BCUT2D eigenvalue weighted by Gasteiger charge is -2.09. The fourth-order valence-electron chi connectivity index (χ4n) is 2.93. The third-order valence-electron chi connectivity index (χ3n) is 4.04. The van der Waals surface area contributed by atoms with Gasteiger partial charge in [0.15, 0.2) is 5.65 Å². The fourth-order valence-corrected chi connectivity index (χ4v) is 2.93. The molecule has 0 bridgehead atoms. The van der Waals surface area contributed by atoms with Crippen molar-refractivity contribution in [1.82, 2.24) is 19.5 Å². The molecule has 1 aromatic carbocycles. The number of imidazole rings is 1. The Morgan fingerprint density at radius 1 is 1.17 bits per heavy atom. The van der Waals surface area contributed by atoms with E-state index in [9.17, 15) is 4.79 Å². The number of pyridine rings is 2. The number of H-pyrrole nitrogens is 1. The summed E-state index contributed by atoms with van der Waals surface area (Å²) in [5.74, 6) is 0.629. The van der Waals surface area contributed by atoms with Crippen LogP contribution in [0.3, 0.4) is 0 Å². The molecule has 4 rings (SSSR count). The number of nitrogens with zero attached hydrogens (tertiary/aromatic N) is 3. The number of aromatic nitrogens is 4. The molecule has 24 heavy (non-hydrogen) atoms. The van der Waals surface area contributed by atoms with E-state index in [2.05, 4.69) is 15.0 Å². The molecule has 0 amide bonds. The average molecular weight is 320 g/mol. The van der Waals surface area contributed by atoms with Crippen LogP contribution in [0.5, 0.6) is 5.75 Å². The summed E-state index contributed by atoms with van der Waals surface area (Å²) in [6.07, 6.45) is 3.41. The number of benzene rings is 1. The number of hydrogen-bond acceptors (Lipinski definition) is 4. The Morgan fingerprint density at radius 2 is 2.00 bits per heavy atom. The van der Waals surface area contributed by atoms with Gasteiger partial charge >= 0.3 is 5.69 Å². The molecule has 0 aliphatic carbocycles. The standard InChI is InChI=1S/C18H16N4O2/c1-3-24-15-7-9-20-17-16(15)22(18(23)21-17)12-4-5-14-13(10-12)11(2)6-8-19-14/h4-10H,3H2,1-2H3,(H,20,21,23). The van der Waals surface area contributed by atoms with Crippen molar-refractivity contribution in [1.29, 1.82) is 0 Å². The first-order chi connectivity index (χ1) is 11.7. The first kappa shape index (κ1) is 14.4. The second-order valence-electron chi connectivity index (χ2n) is 5.53. The Balaban J connectivity index is 2.04. The van der Waals surface area contributed by atoms with Gasteiger partial charge in [0.2, 0.25) is 0 Å². The highest BCUT2D eigenvalue weighted by atomic mass is 16.5. The van der Waals surface area contributed by atoms with Crippen LogP contribution in [0.15, 0.2) is 47.5 Å². The van der Waals surface area contributed by atoms with E-state index in [1.807, 2.05) is 38.1 Å². The Labute approximate surface area is 137 Å². The number of aromatic amines is 1. The van der Waals surface area contributed by atoms with E-state index in [0.717, 1.165) is 22.2 Å². The zero-order valence-electron chi connectivity index (χ0n) is 13.4. The predicted molar refractivity (Wildman–Crippen MR) is 92.9 cm³/mol. The molecule has 0 aliphatic rings. The molecule has 6 heteroatoms. The minimum absolute atomic E-state index is 0.245. The van der Waals surface area contributed by atoms with Crippen LogP contribution < -0.4 is 10.4 Å². The van der Waals surface area contributed by atoms with Gasteiger partial charge in [0.05, 0.1) is 17.8 Å². The number of nitrogens with one attached hydrogen (secondary N) is 1. The molecule has 0 unspecified atom stereocenters. The SMILES string of the molecule is CCOc1ccnc2[nH]c(=O)n(-c3ccc4nccc(C)c4c3)c12. The van der Waals surface area contributed by atoms with Gasteiger partial charge in [-0.25, -0.2) is 9.78 Å². The number of hydrogen-bond donors (Lipinski definition) is 1. The van der Waals surface area contributed by atoms with Gasteiger partial charge in [-0.05, 0) is 43.7 Å². The molecular weight excluding hydrogens is 304 g/mol. The number of fused-ring (bicyclic) bond motifs is 2. The average Bonchev–Trinajstić information content (AvgIpc) is 2.92. The highest BCUT2D eigenvalue weighted by Crippen LogP contribution is 2.26. The summed E-state index contributed by atoms with van der Waals surface area (Å²) in [7, 11) is 0. The number of ether oxygens (including phenoxy) is 1. The lowest BCUT2D eigenvalue weighted by Crippen LogP contribution is -2.15. The molecule has 0 atom stereocenters. The van der Waals surface area contributed by atoms with Crippen molar-refractivity contribution >= 4 is 22.1 Å². The van der Waals surface area contributed by atoms with Crippen molar-refractivity contribution in [2.45, 2.75) is 13.8 Å². The largest absolute Gasteiger partial charge is 0.491 e. The Morgan fingerprint density at radius 3 is 2.83 bits per heavy atom. The Hall–Kier alpha value is -3.15. The van der Waals surface area contributed by atoms with E-state index in [1.54, 1.807) is 23.0 Å². The van der Waals surface area contributed by atoms with E-state index in [0.29, 0.717) is 23.5 Å². The molecule has 120 valence electrons. The normalized spacial score (nSPS) is 11.2. The van der Waals surface area contributed by atoms with Crippen molar-refractivity contribution in [3.63, 3.8) is 0 Å². The maximum atomic E-state index is 12.5. The molecule has 3 heterocycles. The van der Waals surface area contributed by atoms with Gasteiger partial charge in [0.1, 0.15) is 11.3 Å². The third-order valence-corrected chi connectivity index (χ3v) is 4.04. The second-order valence-corrected chi connectivity index (χ2v) is 5.53. The van der Waals surface area contributed by atoms with Crippen molar-refractivity contribution in [3.8, 4) is 11.4 Å². The van der Waals surface area contributed by atoms with Crippen molar-refractivity contribution in [3.05, 3.63) is 58.8 Å². The molecule has 0 spiro atoms. The second kappa shape index (κ2) is 5.49. The Bertz CT molecular complexity index is 1110. The fraction of sp³-hybridized carbons (Fsp3) is 0.167. The van der Waals surface area contributed by atoms with Crippen molar-refractivity contribution in [2.24, 2.45) is 0 Å². The van der Waals surface area contributed by atoms with E-state index in [-0.39, 0.29) is 5.69 Å². The number of rotatable bonds is 3. The molecule has 0 fully saturated rings. The smallest absolute Gasteiger partial charge is 0.332 e. The van der Waals surface area contributed by atoms with E-state index < -0.39 is 0 Å². The summed E-state index contributed by atoms with van der Waals surface area (Å²) >= 11 is 0. The van der Waals surface area contributed by atoms with Crippen LogP contribution in [0.25, 0.3) is 27.8 Å². The lowest BCUT2D eigenvalue weighted by molar-refractivity contribution is 0.343. The maximum Gasteiger partial charge on any atom is 0.332 e. The first-order valence-electron chi connectivity index (χ1n) is 7.77. The van der Waals surface area contributed by atoms with E-state index in [1.165, 1.54) is 0 Å². The van der Waals surface area contributed by atoms with Crippen LogP contribution in [-0.4, -0.2) is 26.1 Å². The highest BCUT2D eigenvalue weighted by Gasteiger charge is 2.15. The van der Waals surface area contributed by atoms with Gasteiger partial charge in [-0.15, -0.1) is 0 Å². The van der Waals surface area contributed by atoms with Gasteiger partial charge in [-0.1, -0.05) is 0 Å². The predicted octanol–water partition coefficient (Wildman–Crippen LogP) is 2.97. The molecule has 0 radical (unpaired) electrons. The molecule has 6 nitrogen and oxygen atoms in total. The molecule has 0 saturated heterocycles. The van der Waals surface area contributed by atoms with Crippen LogP contribution in [0.1, 0.15) is 12.5 Å². The molecule has 3 aromatic heterocycles. The molecule has 4 aromatic rings. The summed E-state index contributed by atoms with van der Waals surface area (Å²) in [5, 5.41) is 1.01. The van der Waals surface area contributed by atoms with Crippen LogP contribution in [0.2, 0.25) is 0 Å². The summed E-state index contributed by atoms with van der Waals surface area (Å²) in [4.78, 5) is 23.9. The summed E-state index contributed by atoms with van der Waals surface area (Å²) < 4.78 is 7.27. The summed E-state index contributed by atoms with van der Waals surface area (Å²) in [6, 6.07) is 9.49. The van der Waals surface area contributed by atoms with Crippen molar-refractivity contribution in [2.75, 3.05) is 6.61 Å². The molecule has 0 saturated carbocycles. The van der Waals surface area contributed by atoms with Gasteiger partial charge in [-0.2, -0.15) is 0 Å². The lowest BCUT2D eigenvalue weighted by atomic mass is 10.1. The summed E-state index contributed by atoms with van der Waals surface area (Å²) in [5.41, 5.74) is 3.67. The van der Waals surface area contributed by atoms with Crippen LogP contribution in [-0.2, 0) is 0 Å². The first-order valence-corrected chi connectivity index (χ1v) is 7.77. The molecule has 1 N–H and O–H groups in total. The van der Waals surface area contributed by atoms with Crippen LogP contribution in [0.4, 0.5) is 0 Å². The van der Waals surface area contributed by atoms with Crippen molar-refractivity contribution < 1.29 is 4.74 Å². The minimum atomic E-state index is -0.245. The van der Waals surface area contributed by atoms with Gasteiger partial charge in [0.25, 0.3) is 0 Å². The van der Waals surface area contributed by atoms with Gasteiger partial charge < -0.3 is 4.74 Å². The van der Waals surface area contributed by atoms with Crippen LogP contribution >= 0.6 is 0 Å². The third kappa shape index (κ3) is 2.15. The number of aryl methyl sites for hydroxylation is 1. The monoisotopic (exact) mass is 320 g/mol. The van der Waals surface area contributed by atoms with Gasteiger partial charge in [-0.3, -0.25) is 14.5 Å². The topological polar surface area (TPSA) is 72.8 Å². The maximum absolute atomic E-state index is 12.5. The quantitative estimate of drug-likeness (QED) is 0.630. The molecule has 0 aliphatic heterocycles.